The highest BCUT2D eigenvalue weighted by Crippen LogP contribution is 2.34. The summed E-state index contributed by atoms with van der Waals surface area (Å²) in [4.78, 5) is 29.1. The molecule has 0 radical (unpaired) electrons. The van der Waals surface area contributed by atoms with E-state index >= 15 is 0 Å². The number of hydrogen-bond acceptors (Lipinski definition) is 6. The summed E-state index contributed by atoms with van der Waals surface area (Å²) in [5, 5.41) is 3.46. The Morgan fingerprint density at radius 3 is 2.22 bits per heavy atom. The number of fused-ring (bicyclic) bond motifs is 1. The van der Waals surface area contributed by atoms with Gasteiger partial charge in [-0.05, 0) is 49.2 Å². The van der Waals surface area contributed by atoms with E-state index in [1.807, 2.05) is 44.2 Å². The second-order valence-corrected chi connectivity index (χ2v) is 12.5. The largest absolute Gasteiger partial charge is 0.486 e. The number of ether oxygens (including phenoxy) is 2. The fourth-order valence-corrected chi connectivity index (χ4v) is 5.49. The topological polar surface area (TPSA) is 105 Å². The van der Waals surface area contributed by atoms with Gasteiger partial charge in [-0.25, -0.2) is 8.42 Å². The molecular weight excluding hydrogens is 566 g/mol. The molecule has 1 heterocycles. The van der Waals surface area contributed by atoms with Crippen molar-refractivity contribution < 1.29 is 27.5 Å². The van der Waals surface area contributed by atoms with E-state index in [2.05, 4.69) is 5.32 Å². The Morgan fingerprint density at radius 2 is 1.59 bits per heavy atom. The maximum atomic E-state index is 14.1. The van der Waals surface area contributed by atoms with Gasteiger partial charge in [0.25, 0.3) is 0 Å². The maximum Gasteiger partial charge on any atom is 0.244 e. The Morgan fingerprint density at radius 1 is 0.927 bits per heavy atom. The molecule has 3 aromatic rings. The summed E-state index contributed by atoms with van der Waals surface area (Å²) in [6.45, 7) is 3.95. The summed E-state index contributed by atoms with van der Waals surface area (Å²) in [5.74, 6) is 0.0139. The van der Waals surface area contributed by atoms with Crippen molar-refractivity contribution in [1.82, 2.24) is 10.2 Å². The lowest BCUT2D eigenvalue weighted by molar-refractivity contribution is -0.140. The molecule has 0 unspecified atom stereocenters. The molecule has 1 N–H and O–H groups in total. The minimum Gasteiger partial charge on any atom is -0.486 e. The predicted molar refractivity (Wildman–Crippen MR) is 159 cm³/mol. The number of amides is 2. The standard InChI is InChI=1S/C30H34ClN3O6S/c1-21(2)32-30(36)26(17-22-7-5-4-6-8-22)33(19-23-9-11-24(31)12-10-23)29(35)20-34(41(3,37)38)25-13-14-27-28(18-25)40-16-15-39-27/h4-14,18,21,26H,15-17,19-20H2,1-3H3,(H,32,36)/t26-/m1/s1. The number of hydrogen-bond donors (Lipinski definition) is 1. The van der Waals surface area contributed by atoms with E-state index in [9.17, 15) is 18.0 Å². The lowest BCUT2D eigenvalue weighted by atomic mass is 10.0. The van der Waals surface area contributed by atoms with Gasteiger partial charge in [0.2, 0.25) is 21.8 Å². The third-order valence-electron chi connectivity index (χ3n) is 6.46. The molecule has 0 aliphatic carbocycles. The molecule has 0 saturated heterocycles. The van der Waals surface area contributed by atoms with Crippen LogP contribution in [0.25, 0.3) is 0 Å². The van der Waals surface area contributed by atoms with Crippen LogP contribution in [0.1, 0.15) is 25.0 Å². The fourth-order valence-electron chi connectivity index (χ4n) is 4.52. The third-order valence-corrected chi connectivity index (χ3v) is 7.85. The van der Waals surface area contributed by atoms with Crippen molar-refractivity contribution in [3.8, 4) is 11.5 Å². The highest BCUT2D eigenvalue weighted by Gasteiger charge is 2.33. The van der Waals surface area contributed by atoms with Crippen molar-refractivity contribution in [3.05, 3.63) is 88.9 Å². The first-order chi connectivity index (χ1) is 19.5. The monoisotopic (exact) mass is 599 g/mol. The van der Waals surface area contributed by atoms with E-state index in [1.54, 1.807) is 42.5 Å². The number of benzene rings is 3. The number of nitrogens with zero attached hydrogens (tertiary/aromatic N) is 2. The molecular formula is C30H34ClN3O6S. The van der Waals surface area contributed by atoms with E-state index in [0.29, 0.717) is 29.7 Å². The predicted octanol–water partition coefficient (Wildman–Crippen LogP) is 4.04. The summed E-state index contributed by atoms with van der Waals surface area (Å²) in [7, 11) is -3.90. The lowest BCUT2D eigenvalue weighted by Gasteiger charge is -2.34. The van der Waals surface area contributed by atoms with Crippen molar-refractivity contribution in [2.24, 2.45) is 0 Å². The molecule has 11 heteroatoms. The molecule has 1 atom stereocenters. The minimum atomic E-state index is -3.90. The van der Waals surface area contributed by atoms with Crippen LogP contribution in [0, 0.1) is 0 Å². The molecule has 0 aromatic heterocycles. The van der Waals surface area contributed by atoms with Crippen LogP contribution in [-0.4, -0.2) is 63.2 Å². The van der Waals surface area contributed by atoms with Crippen molar-refractivity contribution in [2.45, 2.75) is 38.9 Å². The summed E-state index contributed by atoms with van der Waals surface area (Å²) >= 11 is 6.09. The van der Waals surface area contributed by atoms with Crippen LogP contribution in [0.2, 0.25) is 5.02 Å². The summed E-state index contributed by atoms with van der Waals surface area (Å²) in [6.07, 6.45) is 1.27. The molecule has 4 rings (SSSR count). The van der Waals surface area contributed by atoms with E-state index < -0.39 is 28.5 Å². The number of nitrogens with one attached hydrogen (secondary N) is 1. The lowest BCUT2D eigenvalue weighted by Crippen LogP contribution is -2.54. The molecule has 218 valence electrons. The van der Waals surface area contributed by atoms with E-state index in [1.165, 1.54) is 4.90 Å². The zero-order valence-electron chi connectivity index (χ0n) is 23.2. The van der Waals surface area contributed by atoms with E-state index in [4.69, 9.17) is 21.1 Å². The van der Waals surface area contributed by atoms with Crippen LogP contribution in [0.15, 0.2) is 72.8 Å². The van der Waals surface area contributed by atoms with E-state index in [-0.39, 0.29) is 30.6 Å². The first kappa shape index (κ1) is 30.2. The van der Waals surface area contributed by atoms with Crippen LogP contribution in [0.3, 0.4) is 0 Å². The Kier molecular flexibility index (Phi) is 9.77. The Balaban J connectivity index is 1.72. The first-order valence-corrected chi connectivity index (χ1v) is 15.5. The Hall–Kier alpha value is -3.76. The van der Waals surface area contributed by atoms with Gasteiger partial charge in [0.1, 0.15) is 25.8 Å². The summed E-state index contributed by atoms with van der Waals surface area (Å²) < 4.78 is 38.2. The van der Waals surface area contributed by atoms with Crippen LogP contribution >= 0.6 is 11.6 Å². The average Bonchev–Trinajstić information content (AvgIpc) is 2.93. The molecule has 1 aliphatic heterocycles. The summed E-state index contributed by atoms with van der Waals surface area (Å²) in [6, 6.07) is 20.0. The number of carbonyl (C=O) groups is 2. The SMILES string of the molecule is CC(C)NC(=O)[C@@H](Cc1ccccc1)N(Cc1ccc(Cl)cc1)C(=O)CN(c1ccc2c(c1)OCCO2)S(C)(=O)=O. The molecule has 0 spiro atoms. The number of sulfonamides is 1. The van der Waals surface area contributed by atoms with Crippen LogP contribution < -0.4 is 19.1 Å². The number of rotatable bonds is 11. The van der Waals surface area contributed by atoms with Crippen LogP contribution in [0.5, 0.6) is 11.5 Å². The fraction of sp³-hybridized carbons (Fsp3) is 0.333. The normalized spacial score (nSPS) is 13.4. The van der Waals surface area contributed by atoms with E-state index in [0.717, 1.165) is 21.7 Å². The highest BCUT2D eigenvalue weighted by molar-refractivity contribution is 7.92. The van der Waals surface area contributed by atoms with Crippen molar-refractivity contribution in [2.75, 3.05) is 30.3 Å². The molecule has 9 nitrogen and oxygen atoms in total. The van der Waals surface area contributed by atoms with Crippen molar-refractivity contribution in [3.63, 3.8) is 0 Å². The molecule has 41 heavy (non-hydrogen) atoms. The van der Waals surface area contributed by atoms with Gasteiger partial charge >= 0.3 is 0 Å². The average molecular weight is 600 g/mol. The molecule has 2 amide bonds. The Labute approximate surface area is 246 Å². The summed E-state index contributed by atoms with van der Waals surface area (Å²) in [5.41, 5.74) is 1.85. The minimum absolute atomic E-state index is 0.0672. The van der Waals surface area contributed by atoms with Crippen molar-refractivity contribution in [1.29, 1.82) is 0 Å². The molecule has 0 bridgehead atoms. The molecule has 1 aliphatic rings. The van der Waals surface area contributed by atoms with Crippen LogP contribution in [0.4, 0.5) is 5.69 Å². The quantitative estimate of drug-likeness (QED) is 0.357. The molecule has 0 saturated carbocycles. The van der Waals surface area contributed by atoms with Crippen molar-refractivity contribution >= 4 is 39.1 Å². The zero-order valence-corrected chi connectivity index (χ0v) is 24.8. The number of anilines is 1. The van der Waals surface area contributed by atoms with Gasteiger partial charge < -0.3 is 19.7 Å². The van der Waals surface area contributed by atoms with Gasteiger partial charge in [-0.2, -0.15) is 0 Å². The molecule has 3 aromatic carbocycles. The van der Waals surface area contributed by atoms with Gasteiger partial charge in [-0.1, -0.05) is 54.1 Å². The molecule has 0 fully saturated rings. The zero-order chi connectivity index (χ0) is 29.6. The number of halogens is 1. The highest BCUT2D eigenvalue weighted by atomic mass is 35.5. The van der Waals surface area contributed by atoms with Gasteiger partial charge in [-0.15, -0.1) is 0 Å². The maximum absolute atomic E-state index is 14.1. The Bertz CT molecular complexity index is 1470. The van der Waals surface area contributed by atoms with Crippen LogP contribution in [-0.2, 0) is 32.6 Å². The first-order valence-electron chi connectivity index (χ1n) is 13.3. The third kappa shape index (κ3) is 8.14. The second kappa shape index (κ2) is 13.3. The number of carbonyl (C=O) groups excluding carboxylic acids is 2. The second-order valence-electron chi connectivity index (χ2n) is 10.1. The smallest absolute Gasteiger partial charge is 0.244 e. The van der Waals surface area contributed by atoms with Gasteiger partial charge in [-0.3, -0.25) is 13.9 Å². The van der Waals surface area contributed by atoms with Gasteiger partial charge in [0.15, 0.2) is 11.5 Å². The van der Waals surface area contributed by atoms with Gasteiger partial charge in [0, 0.05) is 30.1 Å². The van der Waals surface area contributed by atoms with Gasteiger partial charge in [0.05, 0.1) is 11.9 Å².